The molecule has 2 aromatic carbocycles. The molecular formula is C19H21N. The molecule has 0 aliphatic carbocycles. The Morgan fingerprint density at radius 1 is 0.900 bits per heavy atom. The lowest BCUT2D eigenvalue weighted by molar-refractivity contribution is 0.647. The van der Waals surface area contributed by atoms with E-state index in [2.05, 4.69) is 73.6 Å². The molecule has 0 atom stereocenters. The van der Waals surface area contributed by atoms with E-state index in [1.165, 1.54) is 27.6 Å². The van der Waals surface area contributed by atoms with Gasteiger partial charge in [0.25, 0.3) is 0 Å². The third-order valence-electron chi connectivity index (χ3n) is 3.74. The normalized spacial score (nSPS) is 11.3. The van der Waals surface area contributed by atoms with Crippen LogP contribution in [0.1, 0.15) is 30.5 Å². The molecule has 0 fully saturated rings. The van der Waals surface area contributed by atoms with E-state index in [0.29, 0.717) is 0 Å². The lowest BCUT2D eigenvalue weighted by atomic mass is 9.99. The first-order chi connectivity index (χ1) is 9.72. The van der Waals surface area contributed by atoms with Crippen LogP contribution in [-0.2, 0) is 12.8 Å². The van der Waals surface area contributed by atoms with Crippen molar-refractivity contribution >= 4 is 10.9 Å². The van der Waals surface area contributed by atoms with Crippen molar-refractivity contribution in [1.82, 2.24) is 4.98 Å². The molecule has 1 aromatic heterocycles. The maximum atomic E-state index is 3.35. The van der Waals surface area contributed by atoms with Crippen LogP contribution < -0.4 is 0 Å². The van der Waals surface area contributed by atoms with Gasteiger partial charge in [0.15, 0.2) is 0 Å². The number of aromatic nitrogens is 1. The van der Waals surface area contributed by atoms with E-state index in [4.69, 9.17) is 0 Å². The Balaban J connectivity index is 1.80. The van der Waals surface area contributed by atoms with Gasteiger partial charge in [0.2, 0.25) is 0 Å². The molecule has 0 aliphatic heterocycles. The van der Waals surface area contributed by atoms with E-state index in [1.807, 2.05) is 0 Å². The van der Waals surface area contributed by atoms with Crippen molar-refractivity contribution < 1.29 is 0 Å². The molecule has 0 saturated heterocycles. The highest BCUT2D eigenvalue weighted by molar-refractivity contribution is 5.83. The summed E-state index contributed by atoms with van der Waals surface area (Å²) in [4.78, 5) is 3.35. The first kappa shape index (κ1) is 13.0. The van der Waals surface area contributed by atoms with Gasteiger partial charge in [-0.1, -0.05) is 56.3 Å². The van der Waals surface area contributed by atoms with E-state index >= 15 is 0 Å². The third kappa shape index (κ3) is 2.77. The van der Waals surface area contributed by atoms with Gasteiger partial charge in [-0.15, -0.1) is 0 Å². The molecule has 0 aliphatic rings. The Morgan fingerprint density at radius 3 is 2.35 bits per heavy atom. The molecule has 1 heteroatoms. The zero-order valence-electron chi connectivity index (χ0n) is 12.2. The Hall–Kier alpha value is -2.02. The molecule has 102 valence electrons. The summed E-state index contributed by atoms with van der Waals surface area (Å²) in [5, 5.41) is 1.33. The van der Waals surface area contributed by atoms with E-state index in [1.54, 1.807) is 0 Å². The minimum atomic E-state index is 0.717. The van der Waals surface area contributed by atoms with Crippen molar-refractivity contribution in [2.45, 2.75) is 26.7 Å². The standard InChI is InChI=1S/C19H21N/c1-14(2)11-15-7-9-16(10-8-15)12-17-13-20-19-6-4-3-5-18(17)19/h3-10,13-14,20H,11-12H2,1-2H3. The molecule has 1 N–H and O–H groups in total. The average Bonchev–Trinajstić information content (AvgIpc) is 2.84. The van der Waals surface area contributed by atoms with Gasteiger partial charge in [0, 0.05) is 17.1 Å². The molecule has 20 heavy (non-hydrogen) atoms. The second kappa shape index (κ2) is 5.54. The van der Waals surface area contributed by atoms with Gasteiger partial charge in [-0.3, -0.25) is 0 Å². The minimum Gasteiger partial charge on any atom is -0.361 e. The van der Waals surface area contributed by atoms with Crippen LogP contribution >= 0.6 is 0 Å². The van der Waals surface area contributed by atoms with Crippen molar-refractivity contribution in [3.63, 3.8) is 0 Å². The van der Waals surface area contributed by atoms with Crippen molar-refractivity contribution in [1.29, 1.82) is 0 Å². The van der Waals surface area contributed by atoms with E-state index in [9.17, 15) is 0 Å². The highest BCUT2D eigenvalue weighted by Crippen LogP contribution is 2.21. The number of hydrogen-bond donors (Lipinski definition) is 1. The largest absolute Gasteiger partial charge is 0.361 e. The summed E-state index contributed by atoms with van der Waals surface area (Å²) in [5.74, 6) is 0.717. The van der Waals surface area contributed by atoms with Crippen LogP contribution in [0.5, 0.6) is 0 Å². The molecular weight excluding hydrogens is 242 g/mol. The highest BCUT2D eigenvalue weighted by atomic mass is 14.7. The Bertz CT molecular complexity index is 689. The SMILES string of the molecule is CC(C)Cc1ccc(Cc2c[nH]c3ccccc23)cc1. The molecule has 1 heterocycles. The number of aromatic amines is 1. The van der Waals surface area contributed by atoms with Crippen LogP contribution in [0.15, 0.2) is 54.7 Å². The second-order valence-electron chi connectivity index (χ2n) is 5.95. The minimum absolute atomic E-state index is 0.717. The van der Waals surface area contributed by atoms with Crippen molar-refractivity contribution in [2.75, 3.05) is 0 Å². The fourth-order valence-electron chi connectivity index (χ4n) is 2.76. The average molecular weight is 263 g/mol. The molecule has 0 radical (unpaired) electrons. The Kier molecular flexibility index (Phi) is 3.60. The van der Waals surface area contributed by atoms with E-state index in [0.717, 1.165) is 18.8 Å². The molecule has 3 aromatic rings. The summed E-state index contributed by atoms with van der Waals surface area (Å²) in [5.41, 5.74) is 5.40. The summed E-state index contributed by atoms with van der Waals surface area (Å²) >= 11 is 0. The van der Waals surface area contributed by atoms with Gasteiger partial charge in [0.05, 0.1) is 0 Å². The zero-order chi connectivity index (χ0) is 13.9. The van der Waals surface area contributed by atoms with Gasteiger partial charge in [-0.05, 0) is 41.5 Å². The van der Waals surface area contributed by atoms with Crippen LogP contribution in [-0.4, -0.2) is 4.98 Å². The summed E-state index contributed by atoms with van der Waals surface area (Å²) in [6.45, 7) is 4.53. The second-order valence-corrected chi connectivity index (χ2v) is 5.95. The molecule has 3 rings (SSSR count). The van der Waals surface area contributed by atoms with Gasteiger partial charge in [-0.25, -0.2) is 0 Å². The molecule has 0 unspecified atom stereocenters. The van der Waals surface area contributed by atoms with E-state index < -0.39 is 0 Å². The lowest BCUT2D eigenvalue weighted by Gasteiger charge is -2.06. The molecule has 0 spiro atoms. The fraction of sp³-hybridized carbons (Fsp3) is 0.263. The van der Waals surface area contributed by atoms with Crippen LogP contribution in [0.2, 0.25) is 0 Å². The highest BCUT2D eigenvalue weighted by Gasteiger charge is 2.04. The monoisotopic (exact) mass is 263 g/mol. The number of nitrogens with one attached hydrogen (secondary N) is 1. The van der Waals surface area contributed by atoms with Gasteiger partial charge >= 0.3 is 0 Å². The fourth-order valence-corrected chi connectivity index (χ4v) is 2.76. The summed E-state index contributed by atoms with van der Waals surface area (Å²) in [6, 6.07) is 17.6. The Morgan fingerprint density at radius 2 is 1.60 bits per heavy atom. The van der Waals surface area contributed by atoms with Crippen molar-refractivity contribution in [3.8, 4) is 0 Å². The topological polar surface area (TPSA) is 15.8 Å². The van der Waals surface area contributed by atoms with Gasteiger partial charge in [-0.2, -0.15) is 0 Å². The number of fused-ring (bicyclic) bond motifs is 1. The Labute approximate surface area is 120 Å². The van der Waals surface area contributed by atoms with Gasteiger partial charge < -0.3 is 4.98 Å². The maximum absolute atomic E-state index is 3.35. The first-order valence-electron chi connectivity index (χ1n) is 7.35. The van der Waals surface area contributed by atoms with E-state index in [-0.39, 0.29) is 0 Å². The smallest absolute Gasteiger partial charge is 0.0456 e. The first-order valence-corrected chi connectivity index (χ1v) is 7.35. The molecule has 0 amide bonds. The quantitative estimate of drug-likeness (QED) is 0.685. The summed E-state index contributed by atoms with van der Waals surface area (Å²) in [6.07, 6.45) is 4.28. The predicted octanol–water partition coefficient (Wildman–Crippen LogP) is 4.96. The maximum Gasteiger partial charge on any atom is 0.0456 e. The molecule has 1 nitrogen and oxygen atoms in total. The number of benzene rings is 2. The van der Waals surface area contributed by atoms with Crippen molar-refractivity contribution in [2.24, 2.45) is 5.92 Å². The number of para-hydroxylation sites is 1. The lowest BCUT2D eigenvalue weighted by Crippen LogP contribution is -1.94. The van der Waals surface area contributed by atoms with Crippen LogP contribution in [0.3, 0.4) is 0 Å². The number of H-pyrrole nitrogens is 1. The van der Waals surface area contributed by atoms with Crippen LogP contribution in [0.25, 0.3) is 10.9 Å². The summed E-state index contributed by atoms with van der Waals surface area (Å²) in [7, 11) is 0. The molecule has 0 saturated carbocycles. The number of hydrogen-bond acceptors (Lipinski definition) is 0. The van der Waals surface area contributed by atoms with Crippen molar-refractivity contribution in [3.05, 3.63) is 71.4 Å². The summed E-state index contributed by atoms with van der Waals surface area (Å²) < 4.78 is 0. The van der Waals surface area contributed by atoms with Crippen LogP contribution in [0, 0.1) is 5.92 Å². The third-order valence-corrected chi connectivity index (χ3v) is 3.74. The predicted molar refractivity (Wildman–Crippen MR) is 86.1 cm³/mol. The van der Waals surface area contributed by atoms with Gasteiger partial charge in [0.1, 0.15) is 0 Å². The zero-order valence-corrected chi connectivity index (χ0v) is 12.2. The molecule has 0 bridgehead atoms. The number of rotatable bonds is 4. The van der Waals surface area contributed by atoms with Crippen LogP contribution in [0.4, 0.5) is 0 Å².